The van der Waals surface area contributed by atoms with E-state index in [-0.39, 0.29) is 5.69 Å². The highest BCUT2D eigenvalue weighted by atomic mass is 19.1. The van der Waals surface area contributed by atoms with E-state index in [9.17, 15) is 8.78 Å². The van der Waals surface area contributed by atoms with E-state index in [2.05, 4.69) is 44.3 Å². The lowest BCUT2D eigenvalue weighted by Gasteiger charge is -2.48. The summed E-state index contributed by atoms with van der Waals surface area (Å²) in [5, 5.41) is 7.42. The van der Waals surface area contributed by atoms with Crippen LogP contribution in [0.15, 0.2) is 42.7 Å². The van der Waals surface area contributed by atoms with Crippen molar-refractivity contribution in [1.29, 1.82) is 0 Å². The van der Waals surface area contributed by atoms with Crippen LogP contribution in [-0.4, -0.2) is 65.1 Å². The molecule has 2 saturated heterocycles. The molecule has 2 aliphatic rings. The molecule has 0 radical (unpaired) electrons. The minimum absolute atomic E-state index is 0.275. The summed E-state index contributed by atoms with van der Waals surface area (Å²) in [6.45, 7) is 7.84. The van der Waals surface area contributed by atoms with Gasteiger partial charge in [-0.1, -0.05) is 0 Å². The zero-order valence-electron chi connectivity index (χ0n) is 17.3. The van der Waals surface area contributed by atoms with Gasteiger partial charge in [-0.15, -0.1) is 5.10 Å². The highest BCUT2D eigenvalue weighted by molar-refractivity contribution is 5.64. The van der Waals surface area contributed by atoms with Crippen LogP contribution in [-0.2, 0) is 4.74 Å². The highest BCUT2D eigenvalue weighted by Crippen LogP contribution is 2.30. The van der Waals surface area contributed by atoms with Crippen LogP contribution in [0, 0.1) is 18.6 Å². The minimum Gasteiger partial charge on any atom is -0.379 e. The molecule has 0 atom stereocenters. The third-order valence-corrected chi connectivity index (χ3v) is 5.82. The standard InChI is InChI=1S/C22H24F2N6O/c1-15-8-18(2-3-21(15)29-12-20(13-29)28-4-6-31-7-5-28)26-22-25-14-30(27-22)19-10-16(23)9-17(24)11-19/h2-3,8-11,14,20H,4-7,12-13H2,1H3,(H,26,27). The van der Waals surface area contributed by atoms with Gasteiger partial charge in [0.1, 0.15) is 18.0 Å². The molecule has 0 bridgehead atoms. The van der Waals surface area contributed by atoms with Crippen molar-refractivity contribution < 1.29 is 13.5 Å². The molecule has 2 aromatic carbocycles. The first kappa shape index (κ1) is 19.9. The van der Waals surface area contributed by atoms with Gasteiger partial charge in [0, 0.05) is 49.7 Å². The second kappa shape index (κ2) is 8.24. The Morgan fingerprint density at radius 2 is 1.77 bits per heavy atom. The maximum atomic E-state index is 13.4. The van der Waals surface area contributed by atoms with Crippen molar-refractivity contribution in [3.8, 4) is 5.69 Å². The molecule has 3 aromatic rings. The average Bonchev–Trinajstić information content (AvgIpc) is 3.17. The molecule has 1 N–H and O–H groups in total. The number of ether oxygens (including phenoxy) is 1. The van der Waals surface area contributed by atoms with Crippen molar-refractivity contribution >= 4 is 17.3 Å². The lowest BCUT2D eigenvalue weighted by Crippen LogP contribution is -2.61. The van der Waals surface area contributed by atoms with Gasteiger partial charge in [0.15, 0.2) is 0 Å². The zero-order chi connectivity index (χ0) is 21.4. The Hall–Kier alpha value is -3.04. The van der Waals surface area contributed by atoms with E-state index < -0.39 is 11.6 Å². The third-order valence-electron chi connectivity index (χ3n) is 5.82. The highest BCUT2D eigenvalue weighted by Gasteiger charge is 2.33. The Balaban J connectivity index is 1.23. The second-order valence-corrected chi connectivity index (χ2v) is 7.97. The number of morpholine rings is 1. The molecular formula is C22H24F2N6O. The number of aryl methyl sites for hydroxylation is 1. The number of nitrogens with zero attached hydrogens (tertiary/aromatic N) is 5. The number of anilines is 3. The van der Waals surface area contributed by atoms with E-state index in [1.807, 2.05) is 6.07 Å². The number of rotatable bonds is 5. The topological polar surface area (TPSA) is 58.5 Å². The number of hydrogen-bond acceptors (Lipinski definition) is 6. The predicted octanol–water partition coefficient (Wildman–Crippen LogP) is 3.12. The molecule has 0 saturated carbocycles. The summed E-state index contributed by atoms with van der Waals surface area (Å²) in [7, 11) is 0. The predicted molar refractivity (Wildman–Crippen MR) is 114 cm³/mol. The first-order valence-electron chi connectivity index (χ1n) is 10.4. The van der Waals surface area contributed by atoms with Gasteiger partial charge in [-0.25, -0.2) is 13.5 Å². The molecule has 31 heavy (non-hydrogen) atoms. The molecule has 2 fully saturated rings. The first-order valence-corrected chi connectivity index (χ1v) is 10.4. The van der Waals surface area contributed by atoms with Gasteiger partial charge in [-0.3, -0.25) is 4.90 Å². The lowest BCUT2D eigenvalue weighted by molar-refractivity contribution is 0.0105. The van der Waals surface area contributed by atoms with E-state index in [4.69, 9.17) is 4.74 Å². The summed E-state index contributed by atoms with van der Waals surface area (Å²) < 4.78 is 33.7. The van der Waals surface area contributed by atoms with Crippen LogP contribution in [0.2, 0.25) is 0 Å². The van der Waals surface area contributed by atoms with Gasteiger partial charge in [-0.05, 0) is 42.8 Å². The van der Waals surface area contributed by atoms with E-state index in [1.54, 1.807) is 0 Å². The SMILES string of the molecule is Cc1cc(Nc2ncn(-c3cc(F)cc(F)c3)n2)ccc1N1CC(N2CCOCC2)C1. The van der Waals surface area contributed by atoms with Crippen LogP contribution < -0.4 is 10.2 Å². The number of aromatic nitrogens is 3. The van der Waals surface area contributed by atoms with Crippen molar-refractivity contribution in [2.45, 2.75) is 13.0 Å². The molecule has 3 heterocycles. The van der Waals surface area contributed by atoms with Gasteiger partial charge < -0.3 is 15.0 Å². The molecule has 5 rings (SSSR count). The molecule has 7 nitrogen and oxygen atoms in total. The van der Waals surface area contributed by atoms with Gasteiger partial charge in [-0.2, -0.15) is 4.98 Å². The Morgan fingerprint density at radius 3 is 2.48 bits per heavy atom. The van der Waals surface area contributed by atoms with E-state index >= 15 is 0 Å². The van der Waals surface area contributed by atoms with Gasteiger partial charge in [0.25, 0.3) is 0 Å². The Morgan fingerprint density at radius 1 is 1.03 bits per heavy atom. The molecule has 9 heteroatoms. The summed E-state index contributed by atoms with van der Waals surface area (Å²) in [5.74, 6) is -0.964. The zero-order valence-corrected chi connectivity index (χ0v) is 17.3. The fourth-order valence-electron chi connectivity index (χ4n) is 4.16. The fourth-order valence-corrected chi connectivity index (χ4v) is 4.16. The summed E-state index contributed by atoms with van der Waals surface area (Å²) in [6.07, 6.45) is 1.42. The number of halogens is 2. The molecule has 0 amide bonds. The van der Waals surface area contributed by atoms with Crippen LogP contribution in [0.25, 0.3) is 5.69 Å². The molecule has 2 aliphatic heterocycles. The maximum absolute atomic E-state index is 13.4. The maximum Gasteiger partial charge on any atom is 0.246 e. The summed E-state index contributed by atoms with van der Waals surface area (Å²) in [6, 6.07) is 9.99. The first-order chi connectivity index (χ1) is 15.0. The lowest BCUT2D eigenvalue weighted by atomic mass is 10.0. The molecule has 0 spiro atoms. The van der Waals surface area contributed by atoms with Crippen LogP contribution >= 0.6 is 0 Å². The van der Waals surface area contributed by atoms with Crippen LogP contribution in [0.5, 0.6) is 0 Å². The minimum atomic E-state index is -0.659. The van der Waals surface area contributed by atoms with E-state index in [0.29, 0.717) is 12.0 Å². The van der Waals surface area contributed by atoms with Crippen LogP contribution in [0.4, 0.5) is 26.1 Å². The summed E-state index contributed by atoms with van der Waals surface area (Å²) >= 11 is 0. The van der Waals surface area contributed by atoms with Crippen molar-refractivity contribution in [3.63, 3.8) is 0 Å². The average molecular weight is 426 g/mol. The Kier molecular flexibility index (Phi) is 5.29. The quantitative estimate of drug-likeness (QED) is 0.677. The molecule has 1 aromatic heterocycles. The largest absolute Gasteiger partial charge is 0.379 e. The second-order valence-electron chi connectivity index (χ2n) is 7.97. The van der Waals surface area contributed by atoms with E-state index in [0.717, 1.165) is 56.7 Å². The molecular weight excluding hydrogens is 402 g/mol. The van der Waals surface area contributed by atoms with E-state index in [1.165, 1.54) is 28.8 Å². The Bertz CT molecular complexity index is 1060. The van der Waals surface area contributed by atoms with Gasteiger partial charge in [0.2, 0.25) is 5.95 Å². The molecule has 0 aliphatic carbocycles. The normalized spacial score (nSPS) is 17.6. The molecule has 162 valence electrons. The fraction of sp³-hybridized carbons (Fsp3) is 0.364. The smallest absolute Gasteiger partial charge is 0.246 e. The number of hydrogen-bond donors (Lipinski definition) is 1. The van der Waals surface area contributed by atoms with Crippen molar-refractivity contribution in [1.82, 2.24) is 19.7 Å². The summed E-state index contributed by atoms with van der Waals surface area (Å²) in [4.78, 5) is 9.10. The van der Waals surface area contributed by atoms with Gasteiger partial charge >= 0.3 is 0 Å². The van der Waals surface area contributed by atoms with Crippen LogP contribution in [0.1, 0.15) is 5.56 Å². The van der Waals surface area contributed by atoms with Crippen LogP contribution in [0.3, 0.4) is 0 Å². The third kappa shape index (κ3) is 4.24. The van der Waals surface area contributed by atoms with Gasteiger partial charge in [0.05, 0.1) is 18.9 Å². The van der Waals surface area contributed by atoms with Crippen molar-refractivity contribution in [2.75, 3.05) is 49.6 Å². The Labute approximate surface area is 179 Å². The summed E-state index contributed by atoms with van der Waals surface area (Å²) in [5.41, 5.74) is 3.52. The van der Waals surface area contributed by atoms with Crippen molar-refractivity contribution in [2.24, 2.45) is 0 Å². The number of nitrogens with one attached hydrogen (secondary N) is 1. The monoisotopic (exact) mass is 426 g/mol. The number of benzene rings is 2. The molecule has 0 unspecified atom stereocenters. The van der Waals surface area contributed by atoms with Crippen molar-refractivity contribution in [3.05, 3.63) is 59.9 Å².